The highest BCUT2D eigenvalue weighted by Crippen LogP contribution is 2.24. The lowest BCUT2D eigenvalue weighted by atomic mass is 9.94. The molecule has 0 amide bonds. The Kier molecular flexibility index (Phi) is 7.25. The smallest absolute Gasteiger partial charge is 0.0529 e. The molecule has 0 spiro atoms. The molecule has 1 saturated carbocycles. The Morgan fingerprint density at radius 1 is 1.11 bits per heavy atom. The summed E-state index contributed by atoms with van der Waals surface area (Å²) in [6.07, 6.45) is 8.44. The summed E-state index contributed by atoms with van der Waals surface area (Å²) in [5.74, 6) is 0.821. The van der Waals surface area contributed by atoms with Crippen LogP contribution in [-0.2, 0) is 4.74 Å². The van der Waals surface area contributed by atoms with Crippen LogP contribution in [0.3, 0.4) is 0 Å². The number of ether oxygens (including phenoxy) is 1. The van der Waals surface area contributed by atoms with E-state index in [4.69, 9.17) is 4.74 Å². The molecule has 1 aliphatic carbocycles. The van der Waals surface area contributed by atoms with Gasteiger partial charge in [0, 0.05) is 24.6 Å². The minimum atomic E-state index is 0.245. The van der Waals surface area contributed by atoms with Gasteiger partial charge >= 0.3 is 0 Å². The molecular weight excluding hydrogens is 222 g/mol. The molecule has 0 heterocycles. The van der Waals surface area contributed by atoms with Crippen LogP contribution >= 0.6 is 0 Å². The van der Waals surface area contributed by atoms with E-state index in [-0.39, 0.29) is 5.41 Å². The van der Waals surface area contributed by atoms with Gasteiger partial charge in [0.2, 0.25) is 0 Å². The number of hydrogen-bond donors (Lipinski definition) is 1. The molecule has 1 rings (SSSR count). The average molecular weight is 255 g/mol. The second kappa shape index (κ2) is 8.16. The SMILES string of the molecule is CC(C)NCC(C)(C)COCC1CCCCCC1. The molecule has 1 N–H and O–H groups in total. The molecular formula is C16H33NO. The van der Waals surface area contributed by atoms with Gasteiger partial charge in [-0.25, -0.2) is 0 Å². The van der Waals surface area contributed by atoms with Crippen LogP contribution in [0.2, 0.25) is 0 Å². The molecule has 1 aliphatic rings. The minimum Gasteiger partial charge on any atom is -0.381 e. The topological polar surface area (TPSA) is 21.3 Å². The van der Waals surface area contributed by atoms with Crippen LogP contribution < -0.4 is 5.32 Å². The van der Waals surface area contributed by atoms with Crippen molar-refractivity contribution in [2.45, 2.75) is 72.3 Å². The van der Waals surface area contributed by atoms with E-state index in [9.17, 15) is 0 Å². The lowest BCUT2D eigenvalue weighted by molar-refractivity contribution is 0.0364. The van der Waals surface area contributed by atoms with Gasteiger partial charge in [0.1, 0.15) is 0 Å². The van der Waals surface area contributed by atoms with Gasteiger partial charge in [-0.3, -0.25) is 0 Å². The van der Waals surface area contributed by atoms with Crippen LogP contribution in [0, 0.1) is 11.3 Å². The predicted octanol–water partition coefficient (Wildman–Crippen LogP) is 4.00. The number of nitrogens with one attached hydrogen (secondary N) is 1. The maximum Gasteiger partial charge on any atom is 0.0529 e. The fraction of sp³-hybridized carbons (Fsp3) is 1.00. The first-order valence-corrected chi connectivity index (χ1v) is 7.81. The van der Waals surface area contributed by atoms with Crippen molar-refractivity contribution in [3.63, 3.8) is 0 Å². The van der Waals surface area contributed by atoms with E-state index in [1.165, 1.54) is 38.5 Å². The average Bonchev–Trinajstić information content (AvgIpc) is 2.55. The van der Waals surface area contributed by atoms with Crippen molar-refractivity contribution >= 4 is 0 Å². The molecule has 0 aromatic rings. The number of rotatable bonds is 7. The van der Waals surface area contributed by atoms with Gasteiger partial charge in [0.15, 0.2) is 0 Å². The van der Waals surface area contributed by atoms with E-state index in [1.807, 2.05) is 0 Å². The molecule has 0 atom stereocenters. The van der Waals surface area contributed by atoms with Crippen LogP contribution in [0.5, 0.6) is 0 Å². The van der Waals surface area contributed by atoms with Gasteiger partial charge in [0.25, 0.3) is 0 Å². The van der Waals surface area contributed by atoms with E-state index < -0.39 is 0 Å². The molecule has 108 valence electrons. The zero-order valence-electron chi connectivity index (χ0n) is 12.9. The summed E-state index contributed by atoms with van der Waals surface area (Å²) < 4.78 is 5.99. The highest BCUT2D eigenvalue weighted by molar-refractivity contribution is 4.73. The van der Waals surface area contributed by atoms with Crippen molar-refractivity contribution in [1.82, 2.24) is 5.32 Å². The van der Waals surface area contributed by atoms with Crippen LogP contribution in [0.1, 0.15) is 66.2 Å². The predicted molar refractivity (Wildman–Crippen MR) is 78.9 cm³/mol. The molecule has 0 radical (unpaired) electrons. The zero-order chi connectivity index (χ0) is 13.4. The van der Waals surface area contributed by atoms with Crippen LogP contribution in [0.25, 0.3) is 0 Å². The first-order chi connectivity index (χ1) is 8.49. The van der Waals surface area contributed by atoms with E-state index in [2.05, 4.69) is 33.0 Å². The van der Waals surface area contributed by atoms with Gasteiger partial charge in [-0.15, -0.1) is 0 Å². The second-order valence-corrected chi connectivity index (χ2v) is 7.07. The van der Waals surface area contributed by atoms with Crippen LogP contribution in [0.15, 0.2) is 0 Å². The van der Waals surface area contributed by atoms with Crippen molar-refractivity contribution in [3.05, 3.63) is 0 Å². The molecule has 0 saturated heterocycles. The Bertz CT molecular complexity index is 205. The Hall–Kier alpha value is -0.0800. The molecule has 0 unspecified atom stereocenters. The maximum atomic E-state index is 5.99. The van der Waals surface area contributed by atoms with Crippen molar-refractivity contribution < 1.29 is 4.74 Å². The van der Waals surface area contributed by atoms with Gasteiger partial charge in [-0.1, -0.05) is 53.4 Å². The third-order valence-corrected chi connectivity index (χ3v) is 3.81. The van der Waals surface area contributed by atoms with Gasteiger partial charge in [-0.05, 0) is 18.8 Å². The molecule has 18 heavy (non-hydrogen) atoms. The van der Waals surface area contributed by atoms with Crippen LogP contribution in [-0.4, -0.2) is 25.8 Å². The molecule has 0 aromatic carbocycles. The Morgan fingerprint density at radius 2 is 1.72 bits per heavy atom. The van der Waals surface area contributed by atoms with Crippen molar-refractivity contribution in [2.75, 3.05) is 19.8 Å². The van der Waals surface area contributed by atoms with E-state index in [1.54, 1.807) is 0 Å². The third kappa shape index (κ3) is 7.38. The Morgan fingerprint density at radius 3 is 2.28 bits per heavy atom. The van der Waals surface area contributed by atoms with Crippen molar-refractivity contribution in [2.24, 2.45) is 11.3 Å². The highest BCUT2D eigenvalue weighted by atomic mass is 16.5. The molecule has 2 nitrogen and oxygen atoms in total. The third-order valence-electron chi connectivity index (χ3n) is 3.81. The zero-order valence-corrected chi connectivity index (χ0v) is 12.9. The molecule has 0 aliphatic heterocycles. The quantitative estimate of drug-likeness (QED) is 0.694. The summed E-state index contributed by atoms with van der Waals surface area (Å²) in [4.78, 5) is 0. The van der Waals surface area contributed by atoms with Gasteiger partial charge in [0.05, 0.1) is 6.61 Å². The summed E-state index contributed by atoms with van der Waals surface area (Å²) in [7, 11) is 0. The van der Waals surface area contributed by atoms with E-state index >= 15 is 0 Å². The summed E-state index contributed by atoms with van der Waals surface area (Å²) in [5.41, 5.74) is 0.245. The Balaban J connectivity index is 2.14. The van der Waals surface area contributed by atoms with Gasteiger partial charge < -0.3 is 10.1 Å². The van der Waals surface area contributed by atoms with Gasteiger partial charge in [-0.2, -0.15) is 0 Å². The van der Waals surface area contributed by atoms with E-state index in [0.29, 0.717) is 6.04 Å². The first kappa shape index (κ1) is 16.0. The summed E-state index contributed by atoms with van der Waals surface area (Å²) in [5, 5.41) is 3.50. The first-order valence-electron chi connectivity index (χ1n) is 7.81. The molecule has 1 fully saturated rings. The second-order valence-electron chi connectivity index (χ2n) is 7.07. The fourth-order valence-electron chi connectivity index (χ4n) is 2.56. The minimum absolute atomic E-state index is 0.245. The molecule has 0 aromatic heterocycles. The Labute approximate surface area is 114 Å². The summed E-state index contributed by atoms with van der Waals surface area (Å²) >= 11 is 0. The lowest BCUT2D eigenvalue weighted by Crippen LogP contribution is -2.37. The van der Waals surface area contributed by atoms with Crippen molar-refractivity contribution in [3.8, 4) is 0 Å². The van der Waals surface area contributed by atoms with Crippen LogP contribution in [0.4, 0.5) is 0 Å². The maximum absolute atomic E-state index is 5.99. The standard InChI is InChI=1S/C16H33NO/c1-14(2)17-12-16(3,4)13-18-11-15-9-7-5-6-8-10-15/h14-15,17H,5-13H2,1-4H3. The largest absolute Gasteiger partial charge is 0.381 e. The van der Waals surface area contributed by atoms with E-state index in [0.717, 1.165) is 25.7 Å². The molecule has 0 bridgehead atoms. The molecule has 2 heteroatoms. The summed E-state index contributed by atoms with van der Waals surface area (Å²) in [6.45, 7) is 11.9. The normalized spacial score (nSPS) is 19.2. The van der Waals surface area contributed by atoms with Crippen molar-refractivity contribution in [1.29, 1.82) is 0 Å². The number of hydrogen-bond acceptors (Lipinski definition) is 2. The lowest BCUT2D eigenvalue weighted by Gasteiger charge is -2.27. The monoisotopic (exact) mass is 255 g/mol. The fourth-order valence-corrected chi connectivity index (χ4v) is 2.56. The highest BCUT2D eigenvalue weighted by Gasteiger charge is 2.19. The summed E-state index contributed by atoms with van der Waals surface area (Å²) in [6, 6.07) is 0.561.